The molecule has 0 spiro atoms. The van der Waals surface area contributed by atoms with E-state index in [1.165, 1.54) is 17.0 Å². The molecule has 1 aromatic carbocycles. The molecular formula is C18H16ClN3O5. The summed E-state index contributed by atoms with van der Waals surface area (Å²) in [6, 6.07) is 6.80. The van der Waals surface area contributed by atoms with Gasteiger partial charge in [0.15, 0.2) is 5.76 Å². The van der Waals surface area contributed by atoms with Crippen molar-refractivity contribution in [3.05, 3.63) is 46.9 Å². The van der Waals surface area contributed by atoms with E-state index in [0.29, 0.717) is 24.6 Å². The number of nitrogens with one attached hydrogen (secondary N) is 1. The number of fused-ring (bicyclic) bond motifs is 1. The Morgan fingerprint density at radius 1 is 1.26 bits per heavy atom. The molecule has 0 bridgehead atoms. The third-order valence-electron chi connectivity index (χ3n) is 4.48. The van der Waals surface area contributed by atoms with Crippen molar-refractivity contribution in [1.82, 2.24) is 4.90 Å². The first-order valence-corrected chi connectivity index (χ1v) is 8.73. The maximum absolute atomic E-state index is 12.6. The number of amides is 4. The summed E-state index contributed by atoms with van der Waals surface area (Å²) in [5.41, 5.74) is 0.691. The first-order valence-electron chi connectivity index (χ1n) is 8.35. The third kappa shape index (κ3) is 3.07. The number of nitrogens with zero attached hydrogens (tertiary/aromatic N) is 2. The first kappa shape index (κ1) is 17.6. The molecule has 2 aliphatic rings. The van der Waals surface area contributed by atoms with Gasteiger partial charge in [0.25, 0.3) is 11.8 Å². The second-order valence-electron chi connectivity index (χ2n) is 6.27. The van der Waals surface area contributed by atoms with Gasteiger partial charge in [0.2, 0.25) is 0 Å². The lowest BCUT2D eigenvalue weighted by Crippen LogP contribution is -2.45. The van der Waals surface area contributed by atoms with Crippen LogP contribution in [0.4, 0.5) is 16.2 Å². The van der Waals surface area contributed by atoms with Gasteiger partial charge < -0.3 is 19.4 Å². The lowest BCUT2D eigenvalue weighted by Gasteiger charge is -2.26. The van der Waals surface area contributed by atoms with Crippen LogP contribution < -0.4 is 10.2 Å². The van der Waals surface area contributed by atoms with Crippen molar-refractivity contribution in [3.8, 4) is 0 Å². The van der Waals surface area contributed by atoms with E-state index >= 15 is 0 Å². The number of aryl methyl sites for hydroxylation is 1. The predicted octanol–water partition coefficient (Wildman–Crippen LogP) is 2.66. The van der Waals surface area contributed by atoms with Gasteiger partial charge in [-0.3, -0.25) is 9.59 Å². The lowest BCUT2D eigenvalue weighted by atomic mass is 10.2. The van der Waals surface area contributed by atoms with Crippen molar-refractivity contribution in [2.75, 3.05) is 30.0 Å². The van der Waals surface area contributed by atoms with Gasteiger partial charge in [-0.15, -0.1) is 0 Å². The van der Waals surface area contributed by atoms with Gasteiger partial charge in [0, 0.05) is 12.2 Å². The van der Waals surface area contributed by atoms with Crippen LogP contribution in [0.3, 0.4) is 0 Å². The van der Waals surface area contributed by atoms with Crippen molar-refractivity contribution in [2.45, 2.75) is 13.0 Å². The minimum atomic E-state index is -0.621. The van der Waals surface area contributed by atoms with Crippen LogP contribution in [-0.2, 0) is 9.53 Å². The number of furan rings is 1. The summed E-state index contributed by atoms with van der Waals surface area (Å²) in [5, 5.41) is 2.84. The molecule has 1 aromatic heterocycles. The second kappa shape index (κ2) is 6.71. The van der Waals surface area contributed by atoms with Crippen molar-refractivity contribution in [3.63, 3.8) is 0 Å². The second-order valence-corrected chi connectivity index (χ2v) is 6.68. The smallest absolute Gasteiger partial charge is 0.332 e. The topological polar surface area (TPSA) is 92.1 Å². The van der Waals surface area contributed by atoms with Gasteiger partial charge in [0.1, 0.15) is 11.8 Å². The Bertz CT molecular complexity index is 917. The van der Waals surface area contributed by atoms with Crippen LogP contribution in [0.1, 0.15) is 16.3 Å². The van der Waals surface area contributed by atoms with E-state index in [4.69, 9.17) is 20.8 Å². The Hall–Kier alpha value is -2.84. The van der Waals surface area contributed by atoms with Crippen molar-refractivity contribution in [1.29, 1.82) is 0 Å². The van der Waals surface area contributed by atoms with Crippen molar-refractivity contribution in [2.24, 2.45) is 0 Å². The Labute approximate surface area is 159 Å². The van der Waals surface area contributed by atoms with E-state index in [1.807, 2.05) is 0 Å². The SMILES string of the molecule is Cc1ccc(C(=O)Nc2ccc(N3C(=O)C4COCCN4C3=O)c(Cl)c2)o1. The number of halogens is 1. The molecule has 1 atom stereocenters. The molecular weight excluding hydrogens is 374 g/mol. The fourth-order valence-electron chi connectivity index (χ4n) is 3.15. The quantitative estimate of drug-likeness (QED) is 0.815. The molecule has 8 nitrogen and oxygen atoms in total. The highest BCUT2D eigenvalue weighted by Crippen LogP contribution is 2.34. The molecule has 0 saturated carbocycles. The molecule has 2 fully saturated rings. The van der Waals surface area contributed by atoms with Gasteiger partial charge >= 0.3 is 6.03 Å². The molecule has 4 amide bonds. The summed E-state index contributed by atoms with van der Waals surface area (Å²) in [5.74, 6) is 0.00785. The molecule has 27 heavy (non-hydrogen) atoms. The maximum Gasteiger partial charge on any atom is 0.332 e. The molecule has 2 saturated heterocycles. The number of urea groups is 1. The third-order valence-corrected chi connectivity index (χ3v) is 4.78. The van der Waals surface area contributed by atoms with Crippen molar-refractivity contribution < 1.29 is 23.5 Å². The number of hydrogen-bond donors (Lipinski definition) is 1. The van der Waals surface area contributed by atoms with E-state index < -0.39 is 18.0 Å². The fourth-order valence-corrected chi connectivity index (χ4v) is 3.41. The van der Waals surface area contributed by atoms with Crippen LogP contribution in [-0.4, -0.2) is 48.5 Å². The number of carbonyl (C=O) groups excluding carboxylic acids is 3. The highest BCUT2D eigenvalue weighted by Gasteiger charge is 2.47. The van der Waals surface area contributed by atoms with Crippen molar-refractivity contribution >= 4 is 40.8 Å². The molecule has 1 N–H and O–H groups in total. The number of morpholine rings is 1. The Kier molecular flexibility index (Phi) is 4.37. The molecule has 1 unspecified atom stereocenters. The molecule has 2 aliphatic heterocycles. The van der Waals surface area contributed by atoms with Gasteiger partial charge in [-0.25, -0.2) is 9.69 Å². The lowest BCUT2D eigenvalue weighted by molar-refractivity contribution is -0.123. The van der Waals surface area contributed by atoms with Crippen LogP contribution in [0.5, 0.6) is 0 Å². The van der Waals surface area contributed by atoms with Gasteiger partial charge in [0.05, 0.1) is 23.9 Å². The summed E-state index contributed by atoms with van der Waals surface area (Å²) < 4.78 is 10.6. The largest absolute Gasteiger partial charge is 0.456 e. The standard InChI is InChI=1S/C18H16ClN3O5/c1-10-2-5-15(27-10)16(23)20-11-3-4-13(12(19)8-11)22-17(24)14-9-26-7-6-21(14)18(22)25/h2-5,8,14H,6-7,9H2,1H3,(H,20,23). The number of anilines is 2. The minimum absolute atomic E-state index is 0.172. The highest BCUT2D eigenvalue weighted by atomic mass is 35.5. The van der Waals surface area contributed by atoms with Gasteiger partial charge in [-0.1, -0.05) is 11.6 Å². The van der Waals surface area contributed by atoms with Crippen LogP contribution in [0.2, 0.25) is 5.02 Å². The monoisotopic (exact) mass is 389 g/mol. The molecule has 0 aliphatic carbocycles. The van der Waals surface area contributed by atoms with Crippen LogP contribution in [0.15, 0.2) is 34.7 Å². The Morgan fingerprint density at radius 2 is 2.07 bits per heavy atom. The van der Waals surface area contributed by atoms with Crippen LogP contribution >= 0.6 is 11.6 Å². The fraction of sp³-hybridized carbons (Fsp3) is 0.278. The normalized spacial score (nSPS) is 19.4. The van der Waals surface area contributed by atoms with E-state index in [1.54, 1.807) is 25.1 Å². The van der Waals surface area contributed by atoms with E-state index in [0.717, 1.165) is 4.90 Å². The minimum Gasteiger partial charge on any atom is -0.456 e. The average molecular weight is 390 g/mol. The van der Waals surface area contributed by atoms with Gasteiger partial charge in [-0.2, -0.15) is 0 Å². The molecule has 3 heterocycles. The zero-order valence-electron chi connectivity index (χ0n) is 14.4. The number of imide groups is 1. The molecule has 140 valence electrons. The molecule has 4 rings (SSSR count). The van der Waals surface area contributed by atoms with E-state index in [-0.39, 0.29) is 29.0 Å². The molecule has 9 heteroatoms. The Balaban J connectivity index is 1.56. The number of benzene rings is 1. The summed E-state index contributed by atoms with van der Waals surface area (Å²) in [6.07, 6.45) is 0. The summed E-state index contributed by atoms with van der Waals surface area (Å²) in [4.78, 5) is 39.9. The van der Waals surface area contributed by atoms with Gasteiger partial charge in [-0.05, 0) is 37.3 Å². The average Bonchev–Trinajstić information content (AvgIpc) is 3.19. The number of hydrogen-bond acceptors (Lipinski definition) is 5. The highest BCUT2D eigenvalue weighted by molar-refractivity contribution is 6.36. The van der Waals surface area contributed by atoms with E-state index in [2.05, 4.69) is 5.32 Å². The predicted molar refractivity (Wildman–Crippen MR) is 97.0 cm³/mol. The molecule has 2 aromatic rings. The number of carbonyl (C=O) groups is 3. The zero-order chi connectivity index (χ0) is 19.1. The maximum atomic E-state index is 12.6. The summed E-state index contributed by atoms with van der Waals surface area (Å²) >= 11 is 6.30. The zero-order valence-corrected chi connectivity index (χ0v) is 15.2. The van der Waals surface area contributed by atoms with Crippen LogP contribution in [0, 0.1) is 6.92 Å². The first-order chi connectivity index (χ1) is 13.0. The number of ether oxygens (including phenoxy) is 1. The molecule has 0 radical (unpaired) electrons. The summed E-state index contributed by atoms with van der Waals surface area (Å²) in [7, 11) is 0. The van der Waals surface area contributed by atoms with E-state index in [9.17, 15) is 14.4 Å². The Morgan fingerprint density at radius 3 is 2.74 bits per heavy atom. The summed E-state index contributed by atoms with van der Waals surface area (Å²) in [6.45, 7) is 2.68. The van der Waals surface area contributed by atoms with Crippen LogP contribution in [0.25, 0.3) is 0 Å². The number of rotatable bonds is 3.